The number of fused-ring (bicyclic) bond motifs is 2. The van der Waals surface area contributed by atoms with Gasteiger partial charge in [0.2, 0.25) is 6.41 Å². The molecule has 0 aliphatic heterocycles. The molecule has 100 valence electrons. The number of carbonyl (C=O) groups excluding carboxylic acids is 1. The van der Waals surface area contributed by atoms with E-state index in [1.807, 2.05) is 36.4 Å². The highest BCUT2D eigenvalue weighted by atomic mass is 16.2. The summed E-state index contributed by atoms with van der Waals surface area (Å²) in [6, 6.07) is 11.5. The molecule has 0 saturated carbocycles. The van der Waals surface area contributed by atoms with Crippen LogP contribution in [-0.2, 0) is 4.79 Å². The molecule has 2 N–H and O–H groups in total. The lowest BCUT2D eigenvalue weighted by atomic mass is 10.1. The molecule has 0 radical (unpaired) electrons. The minimum absolute atomic E-state index is 0.378. The monoisotopic (exact) mass is 268 g/mol. The molecular weight excluding hydrogens is 256 g/mol. The standard InChI is InChI=1S/C14H12N4O2/c1-15-17-13-11-6-9-4-2-3-5-10(9)7-12(11)16-14(20)18(13)8-19/h2-8,15,17H,1H3. The van der Waals surface area contributed by atoms with Crippen molar-refractivity contribution in [1.29, 1.82) is 0 Å². The second-order valence-electron chi connectivity index (χ2n) is 4.31. The second kappa shape index (κ2) is 4.75. The first-order valence-corrected chi connectivity index (χ1v) is 6.07. The van der Waals surface area contributed by atoms with E-state index in [4.69, 9.17) is 0 Å². The number of nitrogens with one attached hydrogen (secondary N) is 2. The predicted octanol–water partition coefficient (Wildman–Crippen LogP) is 1.13. The molecule has 3 rings (SSSR count). The third-order valence-electron chi connectivity index (χ3n) is 3.13. The van der Waals surface area contributed by atoms with Crippen molar-refractivity contribution in [2.24, 2.45) is 0 Å². The summed E-state index contributed by atoms with van der Waals surface area (Å²) < 4.78 is 0.938. The third kappa shape index (κ3) is 1.83. The Bertz CT molecular complexity index is 870. The molecule has 0 saturated heterocycles. The molecular formula is C14H12N4O2. The lowest BCUT2D eigenvalue weighted by Gasteiger charge is -2.12. The number of rotatable bonds is 3. The van der Waals surface area contributed by atoms with Gasteiger partial charge >= 0.3 is 5.69 Å². The zero-order chi connectivity index (χ0) is 14.1. The molecule has 0 unspecified atom stereocenters. The highest BCUT2D eigenvalue weighted by Gasteiger charge is 2.11. The summed E-state index contributed by atoms with van der Waals surface area (Å²) in [6.07, 6.45) is 0.448. The van der Waals surface area contributed by atoms with Gasteiger partial charge in [0.05, 0.1) is 5.52 Å². The molecule has 2 aromatic carbocycles. The van der Waals surface area contributed by atoms with E-state index in [0.29, 0.717) is 23.1 Å². The summed E-state index contributed by atoms with van der Waals surface area (Å²) in [4.78, 5) is 26.9. The third-order valence-corrected chi connectivity index (χ3v) is 3.13. The van der Waals surface area contributed by atoms with Gasteiger partial charge < -0.3 is 5.43 Å². The lowest BCUT2D eigenvalue weighted by molar-refractivity contribution is 0.545. The van der Waals surface area contributed by atoms with E-state index < -0.39 is 5.69 Å². The Kier molecular flexibility index (Phi) is 2.92. The Morgan fingerprint density at radius 2 is 1.90 bits per heavy atom. The molecule has 1 aromatic heterocycles. The van der Waals surface area contributed by atoms with Gasteiger partial charge in [0.1, 0.15) is 5.82 Å². The Labute approximate surface area is 114 Å². The van der Waals surface area contributed by atoms with Crippen LogP contribution in [0.3, 0.4) is 0 Å². The van der Waals surface area contributed by atoms with Crippen molar-refractivity contribution in [2.75, 3.05) is 12.5 Å². The van der Waals surface area contributed by atoms with Crippen molar-refractivity contribution in [2.45, 2.75) is 0 Å². The number of anilines is 1. The van der Waals surface area contributed by atoms with Crippen LogP contribution in [0.4, 0.5) is 5.82 Å². The van der Waals surface area contributed by atoms with Crippen LogP contribution >= 0.6 is 0 Å². The number of carbonyl (C=O) groups is 1. The van der Waals surface area contributed by atoms with Gasteiger partial charge in [0.25, 0.3) is 0 Å². The fourth-order valence-electron chi connectivity index (χ4n) is 2.24. The first kappa shape index (κ1) is 12.3. The zero-order valence-corrected chi connectivity index (χ0v) is 10.8. The highest BCUT2D eigenvalue weighted by molar-refractivity contribution is 6.01. The van der Waals surface area contributed by atoms with E-state index in [0.717, 1.165) is 15.3 Å². The largest absolute Gasteiger partial charge is 0.356 e. The summed E-state index contributed by atoms with van der Waals surface area (Å²) in [6.45, 7) is 0. The smallest absolute Gasteiger partial charge is 0.306 e. The Balaban J connectivity index is 2.48. The first-order chi connectivity index (χ1) is 9.74. The molecule has 3 aromatic rings. The summed E-state index contributed by atoms with van der Waals surface area (Å²) in [5.74, 6) is 0.378. The van der Waals surface area contributed by atoms with Gasteiger partial charge in [-0.25, -0.2) is 14.8 Å². The normalized spacial score (nSPS) is 10.8. The molecule has 0 atom stereocenters. The van der Waals surface area contributed by atoms with E-state index in [9.17, 15) is 9.59 Å². The summed E-state index contributed by atoms with van der Waals surface area (Å²) in [5.41, 5.74) is 5.48. The van der Waals surface area contributed by atoms with E-state index in [-0.39, 0.29) is 0 Å². The zero-order valence-electron chi connectivity index (χ0n) is 10.8. The molecule has 20 heavy (non-hydrogen) atoms. The number of nitrogens with zero attached hydrogens (tertiary/aromatic N) is 2. The SMILES string of the molecule is CNNc1c2cc3ccccc3cc2nc(=O)n1C=O. The average Bonchev–Trinajstić information content (AvgIpc) is 2.46. The van der Waals surface area contributed by atoms with Crippen molar-refractivity contribution < 1.29 is 4.79 Å². The van der Waals surface area contributed by atoms with Crippen LogP contribution in [0.5, 0.6) is 0 Å². The van der Waals surface area contributed by atoms with Crippen LogP contribution in [0.1, 0.15) is 0 Å². The summed E-state index contributed by atoms with van der Waals surface area (Å²) in [5, 5.41) is 2.70. The maximum Gasteiger partial charge on any atom is 0.356 e. The van der Waals surface area contributed by atoms with Crippen molar-refractivity contribution in [3.05, 3.63) is 46.9 Å². The summed E-state index contributed by atoms with van der Waals surface area (Å²) in [7, 11) is 1.66. The molecule has 6 nitrogen and oxygen atoms in total. The molecule has 0 fully saturated rings. The summed E-state index contributed by atoms with van der Waals surface area (Å²) >= 11 is 0. The number of aromatic nitrogens is 2. The Hall–Kier alpha value is -2.73. The quantitative estimate of drug-likeness (QED) is 0.423. The number of hydrogen-bond acceptors (Lipinski definition) is 5. The molecule has 0 spiro atoms. The molecule has 0 aliphatic carbocycles. The van der Waals surface area contributed by atoms with Crippen LogP contribution < -0.4 is 16.5 Å². The van der Waals surface area contributed by atoms with Crippen molar-refractivity contribution in [3.63, 3.8) is 0 Å². The van der Waals surface area contributed by atoms with Gasteiger partial charge in [-0.2, -0.15) is 4.98 Å². The number of hydrazine groups is 1. The van der Waals surface area contributed by atoms with Gasteiger partial charge in [-0.3, -0.25) is 4.79 Å². The maximum atomic E-state index is 11.8. The molecule has 0 aliphatic rings. The minimum atomic E-state index is -0.611. The number of benzene rings is 2. The predicted molar refractivity (Wildman–Crippen MR) is 78.3 cm³/mol. The fraction of sp³-hybridized carbons (Fsp3) is 0.0714. The first-order valence-electron chi connectivity index (χ1n) is 6.07. The molecule has 1 heterocycles. The fourth-order valence-corrected chi connectivity index (χ4v) is 2.24. The highest BCUT2D eigenvalue weighted by Crippen LogP contribution is 2.25. The van der Waals surface area contributed by atoms with Crippen LogP contribution in [0.25, 0.3) is 21.7 Å². The van der Waals surface area contributed by atoms with Gasteiger partial charge in [0.15, 0.2) is 0 Å². The topological polar surface area (TPSA) is 76.0 Å². The van der Waals surface area contributed by atoms with E-state index in [2.05, 4.69) is 15.8 Å². The minimum Gasteiger partial charge on any atom is -0.306 e. The molecule has 0 amide bonds. The second-order valence-corrected chi connectivity index (χ2v) is 4.31. The molecule has 6 heteroatoms. The van der Waals surface area contributed by atoms with Gasteiger partial charge in [0, 0.05) is 12.4 Å². The Morgan fingerprint density at radius 1 is 1.20 bits per heavy atom. The average molecular weight is 268 g/mol. The van der Waals surface area contributed by atoms with Crippen molar-refractivity contribution in [3.8, 4) is 0 Å². The van der Waals surface area contributed by atoms with E-state index in [1.54, 1.807) is 7.05 Å². The van der Waals surface area contributed by atoms with E-state index >= 15 is 0 Å². The van der Waals surface area contributed by atoms with Gasteiger partial charge in [-0.15, -0.1) is 0 Å². The van der Waals surface area contributed by atoms with Gasteiger partial charge in [-0.1, -0.05) is 24.3 Å². The van der Waals surface area contributed by atoms with Crippen molar-refractivity contribution >= 4 is 33.9 Å². The van der Waals surface area contributed by atoms with Crippen LogP contribution in [0.15, 0.2) is 41.2 Å². The van der Waals surface area contributed by atoms with Crippen LogP contribution in [0, 0.1) is 0 Å². The van der Waals surface area contributed by atoms with E-state index in [1.165, 1.54) is 0 Å². The molecule has 0 bridgehead atoms. The van der Waals surface area contributed by atoms with Crippen molar-refractivity contribution in [1.82, 2.24) is 15.0 Å². The van der Waals surface area contributed by atoms with Crippen LogP contribution in [-0.4, -0.2) is 23.0 Å². The van der Waals surface area contributed by atoms with Gasteiger partial charge in [-0.05, 0) is 22.9 Å². The number of hydrogen-bond donors (Lipinski definition) is 2. The Morgan fingerprint density at radius 3 is 2.55 bits per heavy atom. The maximum absolute atomic E-state index is 11.8. The van der Waals surface area contributed by atoms with Crippen LogP contribution in [0.2, 0.25) is 0 Å². The lowest BCUT2D eigenvalue weighted by Crippen LogP contribution is -2.29.